The molecule has 22 heavy (non-hydrogen) atoms. The average molecular weight is 312 g/mol. The van der Waals surface area contributed by atoms with Crippen LogP contribution in [0.3, 0.4) is 0 Å². The zero-order chi connectivity index (χ0) is 15.5. The first-order valence-electron chi connectivity index (χ1n) is 8.82. The molecule has 5 rings (SSSR count). The zero-order valence-electron chi connectivity index (χ0n) is 14.0. The molecule has 5 nitrogen and oxygen atoms in total. The van der Waals surface area contributed by atoms with Crippen LogP contribution in [0.5, 0.6) is 0 Å². The first-order valence-corrected chi connectivity index (χ1v) is 8.82. The van der Waals surface area contributed by atoms with Crippen LogP contribution >= 0.6 is 0 Å². The van der Waals surface area contributed by atoms with Crippen LogP contribution in [0.15, 0.2) is 0 Å². The van der Waals surface area contributed by atoms with Crippen LogP contribution in [-0.2, 0) is 24.0 Å². The maximum Gasteiger partial charge on any atom is 0.201 e. The summed E-state index contributed by atoms with van der Waals surface area (Å²) in [7, 11) is 0. The van der Waals surface area contributed by atoms with Crippen molar-refractivity contribution in [1.82, 2.24) is 0 Å². The molecule has 1 unspecified atom stereocenters. The van der Waals surface area contributed by atoms with Crippen LogP contribution in [0.1, 0.15) is 53.4 Å². The zero-order valence-corrected chi connectivity index (χ0v) is 14.0. The second kappa shape index (κ2) is 5.15. The van der Waals surface area contributed by atoms with E-state index in [1.807, 2.05) is 13.8 Å². The van der Waals surface area contributed by atoms with Crippen LogP contribution < -0.4 is 0 Å². The molecule has 5 aliphatic rings. The fourth-order valence-electron chi connectivity index (χ4n) is 5.23. The maximum atomic E-state index is 6.25. The molecule has 0 radical (unpaired) electrons. The molecule has 1 saturated carbocycles. The van der Waals surface area contributed by atoms with Gasteiger partial charge in [0.15, 0.2) is 18.2 Å². The number of ether oxygens (including phenoxy) is 3. The smallest absolute Gasteiger partial charge is 0.201 e. The quantitative estimate of drug-likeness (QED) is 0.733. The molecule has 8 atom stereocenters. The first-order chi connectivity index (χ1) is 10.5. The minimum Gasteiger partial charge on any atom is -0.353 e. The maximum absolute atomic E-state index is 6.25. The summed E-state index contributed by atoms with van der Waals surface area (Å²) in [6.07, 6.45) is 3.66. The van der Waals surface area contributed by atoms with Gasteiger partial charge in [-0.05, 0) is 44.9 Å². The molecule has 126 valence electrons. The Hall–Kier alpha value is -0.200. The van der Waals surface area contributed by atoms with Gasteiger partial charge < -0.3 is 14.2 Å². The van der Waals surface area contributed by atoms with Crippen molar-refractivity contribution in [2.75, 3.05) is 6.61 Å². The molecule has 1 spiro atoms. The molecular formula is C17H28O5. The van der Waals surface area contributed by atoms with Gasteiger partial charge in [-0.25, -0.2) is 9.78 Å². The molecule has 0 N–H and O–H groups in total. The average Bonchev–Trinajstić information content (AvgIpc) is 2.71. The van der Waals surface area contributed by atoms with Crippen molar-refractivity contribution in [1.29, 1.82) is 0 Å². The summed E-state index contributed by atoms with van der Waals surface area (Å²) >= 11 is 0. The van der Waals surface area contributed by atoms with Crippen LogP contribution in [0, 0.1) is 23.7 Å². The Kier molecular flexibility index (Phi) is 3.59. The van der Waals surface area contributed by atoms with Crippen molar-refractivity contribution >= 4 is 0 Å². The normalized spacial score (nSPS) is 57.3. The highest BCUT2D eigenvalue weighted by Gasteiger charge is 2.69. The highest BCUT2D eigenvalue weighted by atomic mass is 17.3. The van der Waals surface area contributed by atoms with Crippen LogP contribution in [0.25, 0.3) is 0 Å². The Morgan fingerprint density at radius 3 is 2.68 bits per heavy atom. The molecule has 0 amide bonds. The highest BCUT2D eigenvalue weighted by Crippen LogP contribution is 2.60. The van der Waals surface area contributed by atoms with E-state index in [0.29, 0.717) is 24.4 Å². The van der Waals surface area contributed by atoms with E-state index in [2.05, 4.69) is 13.8 Å². The lowest BCUT2D eigenvalue weighted by Gasteiger charge is -2.60. The molecule has 4 aliphatic heterocycles. The molecule has 0 aromatic rings. The molecule has 4 heterocycles. The lowest BCUT2D eigenvalue weighted by atomic mass is 9.58. The van der Waals surface area contributed by atoms with Crippen molar-refractivity contribution in [2.24, 2.45) is 23.7 Å². The van der Waals surface area contributed by atoms with Gasteiger partial charge in [0.1, 0.15) is 0 Å². The summed E-state index contributed by atoms with van der Waals surface area (Å²) < 4.78 is 18.3. The van der Waals surface area contributed by atoms with Gasteiger partial charge >= 0.3 is 0 Å². The van der Waals surface area contributed by atoms with Crippen molar-refractivity contribution in [3.63, 3.8) is 0 Å². The van der Waals surface area contributed by atoms with Crippen LogP contribution in [-0.4, -0.2) is 30.6 Å². The molecule has 0 aromatic carbocycles. The molecule has 5 heteroatoms. The van der Waals surface area contributed by atoms with Gasteiger partial charge in [-0.1, -0.05) is 13.8 Å². The topological polar surface area (TPSA) is 46.2 Å². The number of hydrogen-bond donors (Lipinski definition) is 0. The van der Waals surface area contributed by atoms with E-state index >= 15 is 0 Å². The Morgan fingerprint density at radius 2 is 1.91 bits per heavy atom. The number of hydrogen-bond acceptors (Lipinski definition) is 5. The Labute approximate surface area is 132 Å². The van der Waals surface area contributed by atoms with E-state index in [-0.39, 0.29) is 18.5 Å². The summed E-state index contributed by atoms with van der Waals surface area (Å²) in [5, 5.41) is 0. The van der Waals surface area contributed by atoms with E-state index in [4.69, 9.17) is 24.0 Å². The van der Waals surface area contributed by atoms with E-state index in [9.17, 15) is 0 Å². The summed E-state index contributed by atoms with van der Waals surface area (Å²) in [5.74, 6) is 0.957. The SMILES string of the molecule is CCO[C@@H]1O[C@@H]2O[C@]3(C)CC[C@H]4[C@H](C)CC[C@@H]([C@H]1C)C24OO3. The minimum atomic E-state index is -0.700. The van der Waals surface area contributed by atoms with Gasteiger partial charge in [-0.15, -0.1) is 0 Å². The largest absolute Gasteiger partial charge is 0.353 e. The van der Waals surface area contributed by atoms with Gasteiger partial charge in [0, 0.05) is 24.9 Å². The van der Waals surface area contributed by atoms with E-state index < -0.39 is 11.4 Å². The standard InChI is InChI=1S/C17H28O5/c1-5-18-14-11(3)13-7-6-10(2)12-8-9-16(4)20-15(19-14)17(12,13)22-21-16/h10-15H,5-9H2,1-4H3/t10-,11-,12+,13+,14-,15-,16+,17?/m1/s1. The lowest BCUT2D eigenvalue weighted by Crippen LogP contribution is -2.70. The van der Waals surface area contributed by atoms with Crippen molar-refractivity contribution in [3.05, 3.63) is 0 Å². The van der Waals surface area contributed by atoms with E-state index in [1.165, 1.54) is 6.42 Å². The third-order valence-corrected chi connectivity index (χ3v) is 6.43. The fourth-order valence-corrected chi connectivity index (χ4v) is 5.23. The molecule has 0 aromatic heterocycles. The summed E-state index contributed by atoms with van der Waals surface area (Å²) in [4.78, 5) is 11.9. The number of rotatable bonds is 2. The Balaban J connectivity index is 1.75. The van der Waals surface area contributed by atoms with E-state index in [0.717, 1.165) is 19.3 Å². The summed E-state index contributed by atoms with van der Waals surface area (Å²) in [6.45, 7) is 9.15. The second-order valence-electron chi connectivity index (χ2n) is 7.73. The first kappa shape index (κ1) is 15.3. The third kappa shape index (κ3) is 1.96. The molecule has 2 bridgehead atoms. The third-order valence-electron chi connectivity index (χ3n) is 6.43. The van der Waals surface area contributed by atoms with Crippen LogP contribution in [0.4, 0.5) is 0 Å². The molecule has 1 aliphatic carbocycles. The van der Waals surface area contributed by atoms with Crippen molar-refractivity contribution in [3.8, 4) is 0 Å². The predicted octanol–water partition coefficient (Wildman–Crippen LogP) is 3.23. The minimum absolute atomic E-state index is 0.216. The fraction of sp³-hybridized carbons (Fsp3) is 1.00. The van der Waals surface area contributed by atoms with E-state index in [1.54, 1.807) is 0 Å². The van der Waals surface area contributed by atoms with Gasteiger partial charge in [-0.2, -0.15) is 0 Å². The van der Waals surface area contributed by atoms with Gasteiger partial charge in [0.2, 0.25) is 5.79 Å². The molecule has 4 saturated heterocycles. The monoisotopic (exact) mass is 312 g/mol. The summed E-state index contributed by atoms with van der Waals surface area (Å²) in [5.41, 5.74) is -0.472. The molecule has 5 fully saturated rings. The lowest BCUT2D eigenvalue weighted by molar-refractivity contribution is -0.577. The summed E-state index contributed by atoms with van der Waals surface area (Å²) in [6, 6.07) is 0. The van der Waals surface area contributed by atoms with Gasteiger partial charge in [0.05, 0.1) is 0 Å². The van der Waals surface area contributed by atoms with Crippen molar-refractivity contribution < 1.29 is 24.0 Å². The second-order valence-corrected chi connectivity index (χ2v) is 7.73. The van der Waals surface area contributed by atoms with Crippen LogP contribution in [0.2, 0.25) is 0 Å². The Bertz CT molecular complexity index is 443. The van der Waals surface area contributed by atoms with Gasteiger partial charge in [-0.3, -0.25) is 0 Å². The van der Waals surface area contributed by atoms with Crippen molar-refractivity contribution in [2.45, 2.75) is 77.3 Å². The molecular weight excluding hydrogens is 284 g/mol. The van der Waals surface area contributed by atoms with Gasteiger partial charge in [0.25, 0.3) is 0 Å². The number of fused-ring (bicyclic) bond motifs is 2. The highest BCUT2D eigenvalue weighted by molar-refractivity contribution is 5.09. The Morgan fingerprint density at radius 1 is 1.09 bits per heavy atom. The predicted molar refractivity (Wildman–Crippen MR) is 78.5 cm³/mol.